The van der Waals surface area contributed by atoms with E-state index in [2.05, 4.69) is 6.92 Å². The summed E-state index contributed by atoms with van der Waals surface area (Å²) in [6, 6.07) is 9.83. The van der Waals surface area contributed by atoms with Gasteiger partial charge in [0.1, 0.15) is 11.9 Å². The van der Waals surface area contributed by atoms with E-state index >= 15 is 0 Å². The lowest BCUT2D eigenvalue weighted by Crippen LogP contribution is -2.45. The molecule has 2 rings (SSSR count). The van der Waals surface area contributed by atoms with Crippen molar-refractivity contribution >= 4 is 5.57 Å². The van der Waals surface area contributed by atoms with E-state index in [-0.39, 0.29) is 0 Å². The van der Waals surface area contributed by atoms with Crippen molar-refractivity contribution in [2.75, 3.05) is 7.11 Å². The highest BCUT2D eigenvalue weighted by Gasteiger charge is 2.41. The number of benzene rings is 1. The van der Waals surface area contributed by atoms with Gasteiger partial charge in [0.25, 0.3) is 0 Å². The first kappa shape index (κ1) is 17.8. The molecule has 0 aliphatic heterocycles. The van der Waals surface area contributed by atoms with Crippen LogP contribution in [0, 0.1) is 0 Å². The molecule has 1 aliphatic rings. The summed E-state index contributed by atoms with van der Waals surface area (Å²) in [5, 5.41) is 21.4. The Kier molecular flexibility index (Phi) is 6.43. The standard InChI is InChI=1S/C20H28O3/c1-3-4-5-6-10-13-20(22)18(21)14-17(15-19(20)23-2)16-11-8-7-9-12-16/h7-9,11-12,14-15,18,21-22H,3-6,10,13H2,1-2H3. The van der Waals surface area contributed by atoms with Gasteiger partial charge in [0.2, 0.25) is 0 Å². The van der Waals surface area contributed by atoms with Gasteiger partial charge in [-0.05, 0) is 36.1 Å². The van der Waals surface area contributed by atoms with E-state index in [1.165, 1.54) is 19.3 Å². The number of unbranched alkanes of at least 4 members (excludes halogenated alkanes) is 4. The maximum Gasteiger partial charge on any atom is 0.151 e. The first-order valence-electron chi connectivity index (χ1n) is 8.55. The highest BCUT2D eigenvalue weighted by atomic mass is 16.5. The summed E-state index contributed by atoms with van der Waals surface area (Å²) in [5.41, 5.74) is 0.566. The molecule has 1 aromatic carbocycles. The second-order valence-electron chi connectivity index (χ2n) is 6.23. The van der Waals surface area contributed by atoms with Crippen molar-refractivity contribution in [3.05, 3.63) is 53.8 Å². The van der Waals surface area contributed by atoms with Gasteiger partial charge in [0.05, 0.1) is 7.11 Å². The number of aliphatic hydroxyl groups is 2. The quantitative estimate of drug-likeness (QED) is 0.711. The van der Waals surface area contributed by atoms with Crippen LogP contribution in [0.25, 0.3) is 5.57 Å². The third-order valence-electron chi connectivity index (χ3n) is 4.53. The van der Waals surface area contributed by atoms with Crippen LogP contribution in [-0.4, -0.2) is 29.0 Å². The molecular formula is C20H28O3. The number of methoxy groups -OCH3 is 1. The molecule has 1 aliphatic carbocycles. The number of allylic oxidation sites excluding steroid dienone is 2. The van der Waals surface area contributed by atoms with Gasteiger partial charge >= 0.3 is 0 Å². The molecule has 1 aromatic rings. The molecule has 0 fully saturated rings. The second-order valence-corrected chi connectivity index (χ2v) is 6.23. The van der Waals surface area contributed by atoms with Gasteiger partial charge in [0, 0.05) is 0 Å². The predicted molar refractivity (Wildman–Crippen MR) is 93.8 cm³/mol. The maximum atomic E-state index is 10.9. The van der Waals surface area contributed by atoms with Crippen molar-refractivity contribution in [2.45, 2.75) is 57.2 Å². The summed E-state index contributed by atoms with van der Waals surface area (Å²) >= 11 is 0. The average Bonchev–Trinajstić information content (AvgIpc) is 2.58. The molecule has 0 spiro atoms. The number of aliphatic hydroxyl groups excluding tert-OH is 1. The lowest BCUT2D eigenvalue weighted by Gasteiger charge is -2.36. The minimum atomic E-state index is -1.32. The monoisotopic (exact) mass is 316 g/mol. The van der Waals surface area contributed by atoms with Crippen LogP contribution in [0.15, 0.2) is 48.2 Å². The summed E-state index contributed by atoms with van der Waals surface area (Å²) in [5.74, 6) is 0.446. The lowest BCUT2D eigenvalue weighted by molar-refractivity contribution is -0.0641. The Hall–Kier alpha value is -1.58. The highest BCUT2D eigenvalue weighted by Crippen LogP contribution is 2.36. The Bertz CT molecular complexity index is 547. The first-order chi connectivity index (χ1) is 11.1. The van der Waals surface area contributed by atoms with Crippen LogP contribution < -0.4 is 0 Å². The topological polar surface area (TPSA) is 49.7 Å². The molecule has 0 bridgehead atoms. The van der Waals surface area contributed by atoms with E-state index in [0.29, 0.717) is 12.2 Å². The summed E-state index contributed by atoms with van der Waals surface area (Å²) < 4.78 is 5.42. The van der Waals surface area contributed by atoms with Crippen LogP contribution in [0.3, 0.4) is 0 Å². The molecule has 3 heteroatoms. The van der Waals surface area contributed by atoms with Gasteiger partial charge in [-0.25, -0.2) is 0 Å². The van der Waals surface area contributed by atoms with E-state index in [1.54, 1.807) is 13.2 Å². The summed E-state index contributed by atoms with van der Waals surface area (Å²) in [4.78, 5) is 0. The molecular weight excluding hydrogens is 288 g/mol. The third kappa shape index (κ3) is 4.24. The van der Waals surface area contributed by atoms with E-state index in [1.807, 2.05) is 36.4 Å². The van der Waals surface area contributed by atoms with Crippen LogP contribution in [0.1, 0.15) is 51.0 Å². The molecule has 0 heterocycles. The average molecular weight is 316 g/mol. The van der Waals surface area contributed by atoms with Gasteiger partial charge in [-0.2, -0.15) is 0 Å². The van der Waals surface area contributed by atoms with Crippen LogP contribution in [-0.2, 0) is 4.74 Å². The normalized spacial score (nSPS) is 24.1. The molecule has 0 saturated heterocycles. The van der Waals surface area contributed by atoms with Crippen LogP contribution in [0.5, 0.6) is 0 Å². The van der Waals surface area contributed by atoms with Crippen LogP contribution in [0.2, 0.25) is 0 Å². The van der Waals surface area contributed by atoms with Gasteiger partial charge in [-0.15, -0.1) is 0 Å². The molecule has 0 saturated carbocycles. The Morgan fingerprint density at radius 2 is 1.78 bits per heavy atom. The molecule has 2 atom stereocenters. The highest BCUT2D eigenvalue weighted by molar-refractivity contribution is 5.76. The minimum absolute atomic E-state index is 0.446. The van der Waals surface area contributed by atoms with Gasteiger partial charge in [-0.1, -0.05) is 62.9 Å². The summed E-state index contributed by atoms with van der Waals surface area (Å²) in [6.07, 6.45) is 8.64. The summed E-state index contributed by atoms with van der Waals surface area (Å²) in [6.45, 7) is 2.18. The fourth-order valence-electron chi connectivity index (χ4n) is 3.08. The number of ether oxygens (including phenoxy) is 1. The van der Waals surface area contributed by atoms with Crippen molar-refractivity contribution in [2.24, 2.45) is 0 Å². The smallest absolute Gasteiger partial charge is 0.151 e. The molecule has 2 unspecified atom stereocenters. The molecule has 2 N–H and O–H groups in total. The predicted octanol–water partition coefficient (Wildman–Crippen LogP) is 4.07. The molecule has 0 aromatic heterocycles. The van der Waals surface area contributed by atoms with E-state index in [0.717, 1.165) is 24.0 Å². The van der Waals surface area contributed by atoms with E-state index in [9.17, 15) is 10.2 Å². The molecule has 23 heavy (non-hydrogen) atoms. The van der Waals surface area contributed by atoms with Crippen molar-refractivity contribution < 1.29 is 14.9 Å². The Morgan fingerprint density at radius 3 is 2.43 bits per heavy atom. The number of rotatable bonds is 8. The largest absolute Gasteiger partial charge is 0.498 e. The molecule has 0 amide bonds. The van der Waals surface area contributed by atoms with Crippen molar-refractivity contribution in [3.63, 3.8) is 0 Å². The number of hydrogen-bond acceptors (Lipinski definition) is 3. The molecule has 3 nitrogen and oxygen atoms in total. The molecule has 126 valence electrons. The van der Waals surface area contributed by atoms with Crippen molar-refractivity contribution in [1.29, 1.82) is 0 Å². The van der Waals surface area contributed by atoms with E-state index < -0.39 is 11.7 Å². The second kappa shape index (κ2) is 8.32. The number of hydrogen-bond donors (Lipinski definition) is 2. The van der Waals surface area contributed by atoms with Crippen molar-refractivity contribution in [1.82, 2.24) is 0 Å². The fraction of sp³-hybridized carbons (Fsp3) is 0.500. The third-order valence-corrected chi connectivity index (χ3v) is 4.53. The first-order valence-corrected chi connectivity index (χ1v) is 8.55. The lowest BCUT2D eigenvalue weighted by atomic mass is 9.81. The zero-order valence-electron chi connectivity index (χ0n) is 14.2. The van der Waals surface area contributed by atoms with Gasteiger partial charge < -0.3 is 14.9 Å². The van der Waals surface area contributed by atoms with Crippen LogP contribution in [0.4, 0.5) is 0 Å². The SMILES string of the molecule is CCCCCCCC1(O)C(OC)=CC(c2ccccc2)=CC1O. The zero-order chi connectivity index (χ0) is 16.7. The Labute approximate surface area is 139 Å². The van der Waals surface area contributed by atoms with E-state index in [4.69, 9.17) is 4.74 Å². The fourth-order valence-corrected chi connectivity index (χ4v) is 3.08. The Morgan fingerprint density at radius 1 is 1.09 bits per heavy atom. The van der Waals surface area contributed by atoms with Gasteiger partial charge in [0.15, 0.2) is 5.60 Å². The Balaban J connectivity index is 2.11. The zero-order valence-corrected chi connectivity index (χ0v) is 14.2. The maximum absolute atomic E-state index is 10.9. The molecule has 0 radical (unpaired) electrons. The minimum Gasteiger partial charge on any atom is -0.498 e. The summed E-state index contributed by atoms with van der Waals surface area (Å²) in [7, 11) is 1.55. The van der Waals surface area contributed by atoms with Crippen molar-refractivity contribution in [3.8, 4) is 0 Å². The van der Waals surface area contributed by atoms with Gasteiger partial charge in [-0.3, -0.25) is 0 Å². The van der Waals surface area contributed by atoms with Crippen LogP contribution >= 0.6 is 0 Å².